The predicted molar refractivity (Wildman–Crippen MR) is 146 cm³/mol. The summed E-state index contributed by atoms with van der Waals surface area (Å²) >= 11 is 12.3. The quantitative estimate of drug-likeness (QED) is 0.347. The average Bonchev–Trinajstić information content (AvgIpc) is 3.40. The molecule has 39 heavy (non-hydrogen) atoms. The van der Waals surface area contributed by atoms with Gasteiger partial charge >= 0.3 is 18.0 Å². The Morgan fingerprint density at radius 2 is 1.51 bits per heavy atom. The number of amides is 1. The number of carbonyl (C=O) groups excluding carboxylic acids is 1. The van der Waals surface area contributed by atoms with Crippen molar-refractivity contribution in [3.63, 3.8) is 0 Å². The summed E-state index contributed by atoms with van der Waals surface area (Å²) in [5, 5.41) is 36.6. The van der Waals surface area contributed by atoms with E-state index in [1.807, 2.05) is 0 Å². The molecule has 1 aromatic carbocycles. The first-order valence-electron chi connectivity index (χ1n) is 12.8. The number of benzene rings is 1. The summed E-state index contributed by atoms with van der Waals surface area (Å²) < 4.78 is 12.0. The number of carbonyl (C=O) groups is 3. The number of rotatable bonds is 6. The molecule has 0 unspecified atom stereocenters. The minimum Gasteiger partial charge on any atom is -0.481 e. The molecule has 2 aliphatic carbocycles. The first-order valence-corrected chi connectivity index (χ1v) is 13.5. The predicted octanol–water partition coefficient (Wildman–Crippen LogP) is 5.38. The van der Waals surface area contributed by atoms with Crippen molar-refractivity contribution in [3.05, 3.63) is 33.8 Å². The second-order valence-electron chi connectivity index (χ2n) is 13.6. The number of carboxylic acid groups (broad SMARTS) is 2. The van der Waals surface area contributed by atoms with Gasteiger partial charge in [0.05, 0.1) is 28.7 Å². The number of carboxylic acids is 2. The molecular formula is C28H39Cl2NO8. The summed E-state index contributed by atoms with van der Waals surface area (Å²) in [6.45, 7) is 14.9. The van der Waals surface area contributed by atoms with Gasteiger partial charge in [-0.15, -0.1) is 0 Å². The molecule has 0 aliphatic heterocycles. The van der Waals surface area contributed by atoms with E-state index in [1.165, 1.54) is 0 Å². The normalized spacial score (nSPS) is 32.4. The maximum absolute atomic E-state index is 13.7. The molecule has 11 heteroatoms. The van der Waals surface area contributed by atoms with E-state index >= 15 is 0 Å². The number of halogens is 2. The van der Waals surface area contributed by atoms with Crippen molar-refractivity contribution in [2.75, 3.05) is 0 Å². The molecule has 3 rings (SSSR count). The van der Waals surface area contributed by atoms with Crippen LogP contribution in [0.4, 0.5) is 4.79 Å². The van der Waals surface area contributed by atoms with Crippen LogP contribution in [0.3, 0.4) is 0 Å². The van der Waals surface area contributed by atoms with Gasteiger partial charge in [-0.1, -0.05) is 70.8 Å². The number of nitrogens with one attached hydrogen (secondary N) is 1. The van der Waals surface area contributed by atoms with Gasteiger partial charge in [0.25, 0.3) is 0 Å². The van der Waals surface area contributed by atoms with E-state index in [1.54, 1.807) is 80.5 Å². The molecule has 4 N–H and O–H groups in total. The Hall–Kier alpha value is -2.07. The van der Waals surface area contributed by atoms with Gasteiger partial charge in [0.2, 0.25) is 0 Å². The van der Waals surface area contributed by atoms with Gasteiger partial charge in [0, 0.05) is 11.3 Å². The third-order valence-corrected chi connectivity index (χ3v) is 9.02. The fourth-order valence-corrected chi connectivity index (χ4v) is 7.59. The molecule has 0 aromatic heterocycles. The van der Waals surface area contributed by atoms with E-state index in [9.17, 15) is 29.7 Å². The van der Waals surface area contributed by atoms with Gasteiger partial charge in [-0.3, -0.25) is 4.79 Å². The molecule has 0 bridgehead atoms. The SMILES string of the molecule is CC(C)(C)OC(=O)N[C@]1(C(=O)O)[C@@]2(C(C)(C)C)[C@@H]([C@H]2C(=O)O)[C@@H](O)[C@]1(OCc1ccc(Cl)c(Cl)c1)C(C)(C)C. The number of aliphatic carboxylic acids is 2. The van der Waals surface area contributed by atoms with Crippen LogP contribution in [0, 0.1) is 28.1 Å². The van der Waals surface area contributed by atoms with Gasteiger partial charge in [-0.05, 0) is 49.3 Å². The second-order valence-corrected chi connectivity index (χ2v) is 14.4. The number of fused-ring (bicyclic) bond motifs is 1. The monoisotopic (exact) mass is 587 g/mol. The number of aliphatic hydroxyl groups is 1. The standard InChI is InChI=1S/C28H39Cl2NO8/c1-23(2,3)26-17(18(26)20(33)34)19(32)28(24(4,5)6,38-13-14-10-11-15(29)16(30)12-14)27(26,21(35)36)31-22(37)39-25(7,8)9/h10-12,17-19,32H,13H2,1-9H3,(H,31,37)(H,33,34)(H,35,36)/t17-,18-,19+,26-,27+,28-/m0/s1. The van der Waals surface area contributed by atoms with Gasteiger partial charge in [-0.25, -0.2) is 9.59 Å². The van der Waals surface area contributed by atoms with E-state index in [4.69, 9.17) is 32.7 Å². The fourth-order valence-electron chi connectivity index (χ4n) is 7.27. The summed E-state index contributed by atoms with van der Waals surface area (Å²) in [5.41, 5.74) is -8.73. The van der Waals surface area contributed by atoms with Crippen molar-refractivity contribution in [3.8, 4) is 0 Å². The van der Waals surface area contributed by atoms with Crippen LogP contribution in [0.2, 0.25) is 10.0 Å². The molecule has 6 atom stereocenters. The van der Waals surface area contributed by atoms with Crippen LogP contribution in [0.15, 0.2) is 18.2 Å². The molecule has 2 fully saturated rings. The average molecular weight is 589 g/mol. The Kier molecular flexibility index (Phi) is 7.66. The van der Waals surface area contributed by atoms with Crippen molar-refractivity contribution < 1.29 is 39.2 Å². The fraction of sp³-hybridized carbons (Fsp3) is 0.679. The zero-order chi connectivity index (χ0) is 30.1. The lowest BCUT2D eigenvalue weighted by Crippen LogP contribution is -2.80. The molecule has 1 aromatic rings. The number of alkyl carbamates (subject to hydrolysis) is 1. The first-order chi connectivity index (χ1) is 17.5. The zero-order valence-corrected chi connectivity index (χ0v) is 25.3. The third kappa shape index (κ3) is 4.40. The van der Waals surface area contributed by atoms with Crippen molar-refractivity contribution in [2.45, 2.75) is 91.8 Å². The van der Waals surface area contributed by atoms with Crippen LogP contribution in [-0.4, -0.2) is 56.2 Å². The molecule has 2 aliphatic rings. The molecule has 0 heterocycles. The Balaban J connectivity index is 2.36. The highest BCUT2D eigenvalue weighted by molar-refractivity contribution is 6.42. The van der Waals surface area contributed by atoms with E-state index in [0.29, 0.717) is 10.6 Å². The van der Waals surface area contributed by atoms with Crippen LogP contribution >= 0.6 is 23.2 Å². The Morgan fingerprint density at radius 3 is 1.92 bits per heavy atom. The van der Waals surface area contributed by atoms with E-state index in [2.05, 4.69) is 5.32 Å². The zero-order valence-electron chi connectivity index (χ0n) is 23.8. The maximum Gasteiger partial charge on any atom is 0.408 e. The summed E-state index contributed by atoms with van der Waals surface area (Å²) in [6.07, 6.45) is -2.66. The smallest absolute Gasteiger partial charge is 0.408 e. The number of aliphatic hydroxyl groups excluding tert-OH is 1. The van der Waals surface area contributed by atoms with Crippen molar-refractivity contribution in [2.24, 2.45) is 28.1 Å². The largest absolute Gasteiger partial charge is 0.481 e. The summed E-state index contributed by atoms with van der Waals surface area (Å²) in [7, 11) is 0. The highest BCUT2D eigenvalue weighted by Crippen LogP contribution is 2.83. The van der Waals surface area contributed by atoms with Crippen LogP contribution in [0.5, 0.6) is 0 Å². The molecule has 9 nitrogen and oxygen atoms in total. The lowest BCUT2D eigenvalue weighted by molar-refractivity contribution is -0.238. The number of hydrogen-bond donors (Lipinski definition) is 4. The highest BCUT2D eigenvalue weighted by Gasteiger charge is 2.97. The molecule has 0 saturated heterocycles. The van der Waals surface area contributed by atoms with E-state index < -0.39 is 69.0 Å². The minimum atomic E-state index is -2.43. The van der Waals surface area contributed by atoms with Crippen molar-refractivity contribution in [1.29, 1.82) is 0 Å². The Morgan fingerprint density at radius 1 is 0.949 bits per heavy atom. The van der Waals surface area contributed by atoms with Crippen LogP contribution in [-0.2, 0) is 25.7 Å². The van der Waals surface area contributed by atoms with Gasteiger partial charge < -0.3 is 30.1 Å². The highest BCUT2D eigenvalue weighted by atomic mass is 35.5. The van der Waals surface area contributed by atoms with E-state index in [0.717, 1.165) is 0 Å². The maximum atomic E-state index is 13.7. The van der Waals surface area contributed by atoms with Gasteiger partial charge in [0.15, 0.2) is 5.54 Å². The topological polar surface area (TPSA) is 142 Å². The van der Waals surface area contributed by atoms with Crippen molar-refractivity contribution >= 4 is 41.2 Å². The second kappa shape index (κ2) is 9.50. The Labute approximate surface area is 239 Å². The van der Waals surface area contributed by atoms with Gasteiger partial charge in [0.1, 0.15) is 11.2 Å². The van der Waals surface area contributed by atoms with E-state index in [-0.39, 0.29) is 11.6 Å². The number of hydrogen-bond acceptors (Lipinski definition) is 6. The minimum absolute atomic E-state index is 0.207. The van der Waals surface area contributed by atoms with Crippen LogP contribution in [0.1, 0.15) is 67.9 Å². The molecule has 1 amide bonds. The number of ether oxygens (including phenoxy) is 2. The molecule has 0 radical (unpaired) electrons. The Bertz CT molecular complexity index is 1180. The van der Waals surface area contributed by atoms with Crippen LogP contribution in [0.25, 0.3) is 0 Å². The molecule has 218 valence electrons. The lowest BCUT2D eigenvalue weighted by Gasteiger charge is -2.58. The van der Waals surface area contributed by atoms with Crippen molar-refractivity contribution in [1.82, 2.24) is 5.32 Å². The summed E-state index contributed by atoms with van der Waals surface area (Å²) in [4.78, 5) is 39.7. The third-order valence-electron chi connectivity index (χ3n) is 8.28. The lowest BCUT2D eigenvalue weighted by atomic mass is 9.54. The van der Waals surface area contributed by atoms with Gasteiger partial charge in [-0.2, -0.15) is 0 Å². The molecule has 0 spiro atoms. The molecule has 2 saturated carbocycles. The summed E-state index contributed by atoms with van der Waals surface area (Å²) in [6, 6.07) is 4.77. The molecular weight excluding hydrogens is 549 g/mol. The van der Waals surface area contributed by atoms with Crippen LogP contribution < -0.4 is 5.32 Å². The first kappa shape index (κ1) is 31.5. The summed E-state index contributed by atoms with van der Waals surface area (Å²) in [5.74, 6) is -5.12.